The van der Waals surface area contributed by atoms with E-state index in [1.165, 1.54) is 5.56 Å². The maximum absolute atomic E-state index is 5.65. The lowest BCUT2D eigenvalue weighted by Gasteiger charge is -2.26. The van der Waals surface area contributed by atoms with Gasteiger partial charge in [-0.2, -0.15) is 0 Å². The van der Waals surface area contributed by atoms with Crippen LogP contribution in [-0.2, 0) is 0 Å². The quantitative estimate of drug-likeness (QED) is 0.642. The van der Waals surface area contributed by atoms with Crippen molar-refractivity contribution >= 4 is 11.6 Å². The predicted octanol–water partition coefficient (Wildman–Crippen LogP) is 1.42. The van der Waals surface area contributed by atoms with Crippen molar-refractivity contribution < 1.29 is 0 Å². The second-order valence-corrected chi connectivity index (χ2v) is 3.16. The minimum atomic E-state index is 0.570. The van der Waals surface area contributed by atoms with E-state index in [-0.39, 0.29) is 0 Å². The molecule has 58 valence electrons. The molecule has 2 rings (SSSR count). The van der Waals surface area contributed by atoms with Crippen LogP contribution in [0.4, 0.5) is 0 Å². The molecule has 0 radical (unpaired) electrons. The number of nitrogens with one attached hydrogen (secondary N) is 1. The van der Waals surface area contributed by atoms with Gasteiger partial charge in [0, 0.05) is 25.2 Å². The number of pyridine rings is 1. The van der Waals surface area contributed by atoms with Crippen LogP contribution < -0.4 is 5.32 Å². The zero-order valence-electron chi connectivity index (χ0n) is 6.05. The Bertz CT molecular complexity index is 241. The highest BCUT2D eigenvalue weighted by atomic mass is 35.5. The van der Waals surface area contributed by atoms with E-state index >= 15 is 0 Å². The Morgan fingerprint density at radius 3 is 2.73 bits per heavy atom. The average molecular weight is 169 g/mol. The highest BCUT2D eigenvalue weighted by Crippen LogP contribution is 2.19. The lowest BCUT2D eigenvalue weighted by Crippen LogP contribution is -2.39. The molecular formula is C8H9ClN2. The molecule has 1 aromatic heterocycles. The first-order chi connectivity index (χ1) is 5.36. The summed E-state index contributed by atoms with van der Waals surface area (Å²) < 4.78 is 0. The van der Waals surface area contributed by atoms with Gasteiger partial charge in [0.2, 0.25) is 0 Å². The van der Waals surface area contributed by atoms with Crippen molar-refractivity contribution in [3.05, 3.63) is 29.0 Å². The summed E-state index contributed by atoms with van der Waals surface area (Å²) in [6, 6.07) is 3.88. The number of halogens is 1. The van der Waals surface area contributed by atoms with Crippen molar-refractivity contribution in [3.63, 3.8) is 0 Å². The molecule has 0 aliphatic carbocycles. The molecule has 1 N–H and O–H groups in total. The zero-order chi connectivity index (χ0) is 7.68. The molecule has 2 heterocycles. The van der Waals surface area contributed by atoms with Crippen LogP contribution >= 0.6 is 11.6 Å². The lowest BCUT2D eigenvalue weighted by atomic mass is 9.96. The first-order valence-corrected chi connectivity index (χ1v) is 4.06. The molecule has 0 bridgehead atoms. The summed E-state index contributed by atoms with van der Waals surface area (Å²) in [5.74, 6) is 0.653. The van der Waals surface area contributed by atoms with Crippen molar-refractivity contribution in [3.8, 4) is 0 Å². The van der Waals surface area contributed by atoms with Crippen molar-refractivity contribution in [2.24, 2.45) is 0 Å². The fourth-order valence-electron chi connectivity index (χ4n) is 1.15. The Hall–Kier alpha value is -0.600. The molecule has 0 aromatic carbocycles. The zero-order valence-corrected chi connectivity index (χ0v) is 6.80. The first kappa shape index (κ1) is 7.07. The second kappa shape index (κ2) is 2.80. The van der Waals surface area contributed by atoms with Gasteiger partial charge in [-0.05, 0) is 11.6 Å². The summed E-state index contributed by atoms with van der Waals surface area (Å²) in [6.45, 7) is 2.15. The molecule has 0 spiro atoms. The Morgan fingerprint density at radius 1 is 1.45 bits per heavy atom. The molecule has 1 aromatic rings. The molecule has 11 heavy (non-hydrogen) atoms. The summed E-state index contributed by atoms with van der Waals surface area (Å²) in [6.07, 6.45) is 1.86. The Morgan fingerprint density at radius 2 is 2.27 bits per heavy atom. The normalized spacial score (nSPS) is 17.9. The van der Waals surface area contributed by atoms with E-state index in [4.69, 9.17) is 11.6 Å². The summed E-state index contributed by atoms with van der Waals surface area (Å²) in [4.78, 5) is 4.02. The van der Waals surface area contributed by atoms with Gasteiger partial charge in [0.1, 0.15) is 5.15 Å². The molecule has 1 fully saturated rings. The van der Waals surface area contributed by atoms with Crippen LogP contribution in [0, 0.1) is 0 Å². The van der Waals surface area contributed by atoms with Gasteiger partial charge in [-0.3, -0.25) is 0 Å². The maximum atomic E-state index is 5.65. The fraction of sp³-hybridized carbons (Fsp3) is 0.375. The SMILES string of the molecule is Clc1ccc(C2CNC2)cn1. The molecule has 0 amide bonds. The Labute approximate surface area is 70.6 Å². The molecule has 1 aliphatic rings. The molecule has 0 atom stereocenters. The monoisotopic (exact) mass is 168 g/mol. The van der Waals surface area contributed by atoms with Crippen LogP contribution in [0.3, 0.4) is 0 Å². The number of hydrogen-bond donors (Lipinski definition) is 1. The maximum Gasteiger partial charge on any atom is 0.129 e. The highest BCUT2D eigenvalue weighted by molar-refractivity contribution is 6.29. The van der Waals surface area contributed by atoms with E-state index < -0.39 is 0 Å². The fourth-order valence-corrected chi connectivity index (χ4v) is 1.26. The Balaban J connectivity index is 2.18. The van der Waals surface area contributed by atoms with Crippen molar-refractivity contribution in [2.75, 3.05) is 13.1 Å². The van der Waals surface area contributed by atoms with Crippen LogP contribution in [0.15, 0.2) is 18.3 Å². The average Bonchev–Trinajstić information content (AvgIpc) is 1.90. The van der Waals surface area contributed by atoms with E-state index in [0.717, 1.165) is 13.1 Å². The summed E-state index contributed by atoms with van der Waals surface area (Å²) in [7, 11) is 0. The largest absolute Gasteiger partial charge is 0.315 e. The topological polar surface area (TPSA) is 24.9 Å². The van der Waals surface area contributed by atoms with Gasteiger partial charge in [0.05, 0.1) is 0 Å². The third-order valence-corrected chi connectivity index (χ3v) is 2.23. The van der Waals surface area contributed by atoms with Gasteiger partial charge in [-0.25, -0.2) is 4.98 Å². The third-order valence-electron chi connectivity index (χ3n) is 2.00. The number of rotatable bonds is 1. The first-order valence-electron chi connectivity index (χ1n) is 3.68. The molecule has 2 nitrogen and oxygen atoms in total. The molecule has 0 saturated carbocycles. The molecule has 1 saturated heterocycles. The van der Waals surface area contributed by atoms with Gasteiger partial charge in [0.25, 0.3) is 0 Å². The van der Waals surface area contributed by atoms with E-state index in [0.29, 0.717) is 11.1 Å². The second-order valence-electron chi connectivity index (χ2n) is 2.77. The third kappa shape index (κ3) is 1.37. The van der Waals surface area contributed by atoms with Gasteiger partial charge in [0.15, 0.2) is 0 Å². The highest BCUT2D eigenvalue weighted by Gasteiger charge is 2.18. The Kier molecular flexibility index (Phi) is 1.80. The summed E-state index contributed by atoms with van der Waals surface area (Å²) in [5.41, 5.74) is 1.29. The summed E-state index contributed by atoms with van der Waals surface area (Å²) in [5, 5.41) is 3.78. The minimum Gasteiger partial charge on any atom is -0.315 e. The van der Waals surface area contributed by atoms with E-state index in [1.54, 1.807) is 0 Å². The van der Waals surface area contributed by atoms with Gasteiger partial charge in [-0.15, -0.1) is 0 Å². The van der Waals surface area contributed by atoms with Gasteiger partial charge >= 0.3 is 0 Å². The molecule has 1 aliphatic heterocycles. The van der Waals surface area contributed by atoms with Crippen LogP contribution in [-0.4, -0.2) is 18.1 Å². The van der Waals surface area contributed by atoms with Crippen molar-refractivity contribution in [1.82, 2.24) is 10.3 Å². The van der Waals surface area contributed by atoms with Crippen LogP contribution in [0.25, 0.3) is 0 Å². The standard InChI is InChI=1S/C8H9ClN2/c9-8-2-1-6(5-11-8)7-3-10-4-7/h1-2,5,7,10H,3-4H2. The molecular weight excluding hydrogens is 160 g/mol. The number of aromatic nitrogens is 1. The van der Waals surface area contributed by atoms with Crippen LogP contribution in [0.5, 0.6) is 0 Å². The number of nitrogens with zero attached hydrogens (tertiary/aromatic N) is 1. The smallest absolute Gasteiger partial charge is 0.129 e. The van der Waals surface area contributed by atoms with Crippen molar-refractivity contribution in [1.29, 1.82) is 0 Å². The molecule has 0 unspecified atom stereocenters. The van der Waals surface area contributed by atoms with Crippen LogP contribution in [0.2, 0.25) is 5.15 Å². The predicted molar refractivity (Wildman–Crippen MR) is 44.9 cm³/mol. The number of hydrogen-bond acceptors (Lipinski definition) is 2. The van der Waals surface area contributed by atoms with E-state index in [9.17, 15) is 0 Å². The minimum absolute atomic E-state index is 0.570. The molecule has 3 heteroatoms. The van der Waals surface area contributed by atoms with E-state index in [1.807, 2.05) is 18.3 Å². The van der Waals surface area contributed by atoms with Gasteiger partial charge in [-0.1, -0.05) is 17.7 Å². The lowest BCUT2D eigenvalue weighted by molar-refractivity contribution is 0.447. The van der Waals surface area contributed by atoms with Gasteiger partial charge < -0.3 is 5.32 Å². The van der Waals surface area contributed by atoms with Crippen LogP contribution in [0.1, 0.15) is 11.5 Å². The summed E-state index contributed by atoms with van der Waals surface area (Å²) >= 11 is 5.65. The van der Waals surface area contributed by atoms with Crippen molar-refractivity contribution in [2.45, 2.75) is 5.92 Å². The van der Waals surface area contributed by atoms with E-state index in [2.05, 4.69) is 10.3 Å².